The van der Waals surface area contributed by atoms with Crippen LogP contribution in [-0.2, 0) is 9.53 Å². The van der Waals surface area contributed by atoms with Gasteiger partial charge in [-0.25, -0.2) is 0 Å². The van der Waals surface area contributed by atoms with E-state index in [1.54, 1.807) is 29.2 Å². The van der Waals surface area contributed by atoms with E-state index in [-0.39, 0.29) is 17.8 Å². The number of nitrogen functional groups attached to an aromatic ring is 1. The molecule has 1 fully saturated rings. The molecule has 96 valence electrons. The Hall–Kier alpha value is -2.04. The number of ether oxygens (including phenoxy) is 1. The average molecular weight is 248 g/mol. The topological polar surface area (TPSA) is 72.6 Å². The summed E-state index contributed by atoms with van der Waals surface area (Å²) in [6.07, 6.45) is 0.660. The monoisotopic (exact) mass is 248 g/mol. The standard InChI is InChI=1S/C13H16N2O3/c1-18-13(17)10-6-7-15(8-10)12(16)9-2-4-11(14)5-3-9/h2-5,10H,6-8,14H2,1H3. The normalized spacial score (nSPS) is 18.7. The fourth-order valence-corrected chi connectivity index (χ4v) is 2.11. The van der Waals surface area contributed by atoms with E-state index < -0.39 is 0 Å². The molecule has 0 aromatic heterocycles. The molecule has 5 nitrogen and oxygen atoms in total. The molecule has 1 unspecified atom stereocenters. The van der Waals surface area contributed by atoms with Crippen LogP contribution in [-0.4, -0.2) is 37.0 Å². The molecule has 5 heteroatoms. The van der Waals surface area contributed by atoms with Gasteiger partial charge >= 0.3 is 5.97 Å². The second kappa shape index (κ2) is 5.08. The smallest absolute Gasteiger partial charge is 0.310 e. The van der Waals surface area contributed by atoms with Crippen LogP contribution in [0.25, 0.3) is 0 Å². The summed E-state index contributed by atoms with van der Waals surface area (Å²) in [6.45, 7) is 1.01. The molecule has 1 saturated heterocycles. The van der Waals surface area contributed by atoms with Gasteiger partial charge in [0.25, 0.3) is 5.91 Å². The van der Waals surface area contributed by atoms with Gasteiger partial charge in [-0.3, -0.25) is 9.59 Å². The molecule has 1 atom stereocenters. The lowest BCUT2D eigenvalue weighted by molar-refractivity contribution is -0.144. The van der Waals surface area contributed by atoms with Gasteiger partial charge in [-0.05, 0) is 30.7 Å². The van der Waals surface area contributed by atoms with Crippen molar-refractivity contribution in [2.24, 2.45) is 5.92 Å². The van der Waals surface area contributed by atoms with Crippen molar-refractivity contribution < 1.29 is 14.3 Å². The lowest BCUT2D eigenvalue weighted by atomic mass is 10.1. The molecule has 18 heavy (non-hydrogen) atoms. The number of hydrogen-bond acceptors (Lipinski definition) is 4. The molecular formula is C13H16N2O3. The van der Waals surface area contributed by atoms with E-state index in [2.05, 4.69) is 0 Å². The highest BCUT2D eigenvalue weighted by Gasteiger charge is 2.31. The quantitative estimate of drug-likeness (QED) is 0.623. The van der Waals surface area contributed by atoms with E-state index in [1.165, 1.54) is 7.11 Å². The first kappa shape index (κ1) is 12.4. The van der Waals surface area contributed by atoms with Crippen LogP contribution in [0.5, 0.6) is 0 Å². The number of benzene rings is 1. The number of anilines is 1. The van der Waals surface area contributed by atoms with Crippen LogP contribution in [0, 0.1) is 5.92 Å². The first-order valence-corrected chi connectivity index (χ1v) is 5.84. The summed E-state index contributed by atoms with van der Waals surface area (Å²) in [4.78, 5) is 25.2. The largest absolute Gasteiger partial charge is 0.469 e. The Kier molecular flexibility index (Phi) is 3.50. The van der Waals surface area contributed by atoms with Crippen LogP contribution >= 0.6 is 0 Å². The van der Waals surface area contributed by atoms with Gasteiger partial charge in [0, 0.05) is 24.3 Å². The van der Waals surface area contributed by atoms with Gasteiger partial charge in [-0.1, -0.05) is 0 Å². The predicted molar refractivity (Wildman–Crippen MR) is 66.9 cm³/mol. The summed E-state index contributed by atoms with van der Waals surface area (Å²) < 4.78 is 4.69. The SMILES string of the molecule is COC(=O)C1CCN(C(=O)c2ccc(N)cc2)C1. The van der Waals surface area contributed by atoms with E-state index in [9.17, 15) is 9.59 Å². The van der Waals surface area contributed by atoms with Gasteiger partial charge in [0.2, 0.25) is 0 Å². The van der Waals surface area contributed by atoms with Gasteiger partial charge in [0.1, 0.15) is 0 Å². The van der Waals surface area contributed by atoms with Crippen LogP contribution in [0.3, 0.4) is 0 Å². The van der Waals surface area contributed by atoms with Crippen molar-refractivity contribution in [2.45, 2.75) is 6.42 Å². The number of methoxy groups -OCH3 is 1. The summed E-state index contributed by atoms with van der Waals surface area (Å²) in [5, 5.41) is 0. The maximum atomic E-state index is 12.1. The van der Waals surface area contributed by atoms with Crippen LogP contribution in [0.4, 0.5) is 5.69 Å². The minimum absolute atomic E-state index is 0.0681. The zero-order chi connectivity index (χ0) is 13.1. The molecule has 0 saturated carbocycles. The number of nitrogens with two attached hydrogens (primary N) is 1. The summed E-state index contributed by atoms with van der Waals surface area (Å²) in [7, 11) is 1.37. The van der Waals surface area contributed by atoms with Crippen LogP contribution in [0.15, 0.2) is 24.3 Å². The lowest BCUT2D eigenvalue weighted by Crippen LogP contribution is -2.30. The second-order valence-corrected chi connectivity index (χ2v) is 4.38. The van der Waals surface area contributed by atoms with Crippen molar-refractivity contribution in [3.63, 3.8) is 0 Å². The van der Waals surface area contributed by atoms with Crippen LogP contribution in [0.2, 0.25) is 0 Å². The molecule has 2 N–H and O–H groups in total. The van der Waals surface area contributed by atoms with E-state index in [0.717, 1.165) is 0 Å². The molecule has 1 amide bonds. The number of esters is 1. The minimum Gasteiger partial charge on any atom is -0.469 e. The Morgan fingerprint density at radius 2 is 2.00 bits per heavy atom. The molecule has 1 aromatic rings. The Labute approximate surface area is 106 Å². The maximum Gasteiger partial charge on any atom is 0.310 e. The van der Waals surface area contributed by atoms with Crippen LogP contribution in [0.1, 0.15) is 16.8 Å². The number of amides is 1. The van der Waals surface area contributed by atoms with Crippen molar-refractivity contribution >= 4 is 17.6 Å². The molecule has 0 spiro atoms. The van der Waals surface area contributed by atoms with E-state index >= 15 is 0 Å². The zero-order valence-corrected chi connectivity index (χ0v) is 10.3. The number of rotatable bonds is 2. The Bertz CT molecular complexity index is 456. The number of carbonyl (C=O) groups excluding carboxylic acids is 2. The molecule has 1 aliphatic rings. The van der Waals surface area contributed by atoms with E-state index in [4.69, 9.17) is 10.5 Å². The number of hydrogen-bond donors (Lipinski definition) is 1. The molecule has 0 radical (unpaired) electrons. The summed E-state index contributed by atoms with van der Waals surface area (Å²) in [5.41, 5.74) is 6.79. The molecular weight excluding hydrogens is 232 g/mol. The van der Waals surface area contributed by atoms with Crippen molar-refractivity contribution in [1.82, 2.24) is 4.90 Å². The molecule has 1 heterocycles. The fourth-order valence-electron chi connectivity index (χ4n) is 2.11. The predicted octanol–water partition coefficient (Wildman–Crippen LogP) is 0.904. The summed E-state index contributed by atoms with van der Waals surface area (Å²) in [5.74, 6) is -0.517. The van der Waals surface area contributed by atoms with Crippen molar-refractivity contribution in [2.75, 3.05) is 25.9 Å². The number of likely N-dealkylation sites (tertiary alicyclic amines) is 1. The van der Waals surface area contributed by atoms with E-state index in [0.29, 0.717) is 30.8 Å². The number of carbonyl (C=O) groups is 2. The van der Waals surface area contributed by atoms with E-state index in [1.807, 2.05) is 0 Å². The Morgan fingerprint density at radius 3 is 2.61 bits per heavy atom. The lowest BCUT2D eigenvalue weighted by Gasteiger charge is -2.16. The third kappa shape index (κ3) is 2.45. The molecule has 2 rings (SSSR count). The summed E-state index contributed by atoms with van der Waals surface area (Å²) in [6, 6.07) is 6.79. The molecule has 1 aromatic carbocycles. The maximum absolute atomic E-state index is 12.1. The van der Waals surface area contributed by atoms with Gasteiger partial charge in [0.05, 0.1) is 13.0 Å². The average Bonchev–Trinajstić information content (AvgIpc) is 2.87. The van der Waals surface area contributed by atoms with Gasteiger partial charge < -0.3 is 15.4 Å². The third-order valence-corrected chi connectivity index (χ3v) is 3.17. The fraction of sp³-hybridized carbons (Fsp3) is 0.385. The first-order valence-electron chi connectivity index (χ1n) is 5.84. The number of nitrogens with zero attached hydrogens (tertiary/aromatic N) is 1. The highest BCUT2D eigenvalue weighted by Crippen LogP contribution is 2.20. The minimum atomic E-state index is -0.248. The van der Waals surface area contributed by atoms with Gasteiger partial charge in [0.15, 0.2) is 0 Å². The molecule has 0 aliphatic carbocycles. The van der Waals surface area contributed by atoms with Crippen LogP contribution < -0.4 is 5.73 Å². The first-order chi connectivity index (χ1) is 8.61. The zero-order valence-electron chi connectivity index (χ0n) is 10.3. The van der Waals surface area contributed by atoms with Gasteiger partial charge in [-0.2, -0.15) is 0 Å². The Morgan fingerprint density at radius 1 is 1.33 bits per heavy atom. The summed E-state index contributed by atoms with van der Waals surface area (Å²) >= 11 is 0. The van der Waals surface area contributed by atoms with Crippen molar-refractivity contribution in [3.8, 4) is 0 Å². The van der Waals surface area contributed by atoms with Gasteiger partial charge in [-0.15, -0.1) is 0 Å². The highest BCUT2D eigenvalue weighted by molar-refractivity contribution is 5.95. The molecule has 0 bridgehead atoms. The Balaban J connectivity index is 2.03. The van der Waals surface area contributed by atoms with Crippen molar-refractivity contribution in [1.29, 1.82) is 0 Å². The second-order valence-electron chi connectivity index (χ2n) is 4.38. The molecule has 1 aliphatic heterocycles. The highest BCUT2D eigenvalue weighted by atomic mass is 16.5. The third-order valence-electron chi connectivity index (χ3n) is 3.17. The van der Waals surface area contributed by atoms with Crippen molar-refractivity contribution in [3.05, 3.63) is 29.8 Å².